The monoisotopic (exact) mass is 269 g/mol. The van der Waals surface area contributed by atoms with Crippen LogP contribution < -0.4 is 11.1 Å². The normalized spacial score (nSPS) is 26.3. The molecule has 0 spiro atoms. The van der Waals surface area contributed by atoms with Crippen molar-refractivity contribution in [1.82, 2.24) is 10.2 Å². The van der Waals surface area contributed by atoms with Crippen LogP contribution in [0, 0.1) is 0 Å². The summed E-state index contributed by atoms with van der Waals surface area (Å²) in [5.41, 5.74) is 5.49. The molecular weight excluding hydrogens is 242 g/mol. The van der Waals surface area contributed by atoms with Gasteiger partial charge in [0.15, 0.2) is 0 Å². The summed E-state index contributed by atoms with van der Waals surface area (Å²) in [4.78, 5) is 13.8. The lowest BCUT2D eigenvalue weighted by Gasteiger charge is -2.34. The fourth-order valence-corrected chi connectivity index (χ4v) is 2.62. The molecule has 0 aromatic heterocycles. The molecule has 110 valence electrons. The summed E-state index contributed by atoms with van der Waals surface area (Å²) in [7, 11) is 0. The van der Waals surface area contributed by atoms with E-state index in [4.69, 9.17) is 10.5 Å². The summed E-state index contributed by atoms with van der Waals surface area (Å²) in [6.07, 6.45) is 6.00. The van der Waals surface area contributed by atoms with Gasteiger partial charge in [0, 0.05) is 25.7 Å². The smallest absolute Gasteiger partial charge is 0.235 e. The van der Waals surface area contributed by atoms with Crippen LogP contribution in [0.25, 0.3) is 0 Å². The molecule has 5 heteroatoms. The predicted molar refractivity (Wildman–Crippen MR) is 74.8 cm³/mol. The van der Waals surface area contributed by atoms with Crippen molar-refractivity contribution in [2.75, 3.05) is 26.2 Å². The van der Waals surface area contributed by atoms with Gasteiger partial charge in [0.05, 0.1) is 12.1 Å². The highest BCUT2D eigenvalue weighted by atomic mass is 16.5. The van der Waals surface area contributed by atoms with Crippen LogP contribution in [0.4, 0.5) is 0 Å². The number of carbonyl (C=O) groups excluding carboxylic acids is 1. The Morgan fingerprint density at radius 2 is 2.26 bits per heavy atom. The summed E-state index contributed by atoms with van der Waals surface area (Å²) >= 11 is 0. The number of rotatable bonds is 8. The van der Waals surface area contributed by atoms with E-state index in [0.717, 1.165) is 45.5 Å². The summed E-state index contributed by atoms with van der Waals surface area (Å²) in [6.45, 7) is 5.65. The van der Waals surface area contributed by atoms with Gasteiger partial charge in [-0.3, -0.25) is 9.69 Å². The van der Waals surface area contributed by atoms with E-state index in [1.165, 1.54) is 12.8 Å². The van der Waals surface area contributed by atoms with Crippen molar-refractivity contribution in [2.24, 2.45) is 5.73 Å². The molecule has 0 bridgehead atoms. The zero-order chi connectivity index (χ0) is 13.7. The zero-order valence-corrected chi connectivity index (χ0v) is 11.9. The van der Waals surface area contributed by atoms with Crippen LogP contribution in [0.1, 0.15) is 39.0 Å². The molecule has 1 amide bonds. The Kier molecular flexibility index (Phi) is 5.60. The van der Waals surface area contributed by atoms with E-state index in [1.807, 2.05) is 0 Å². The van der Waals surface area contributed by atoms with E-state index in [-0.39, 0.29) is 11.9 Å². The molecule has 1 aliphatic carbocycles. The molecule has 1 saturated heterocycles. The molecular formula is C14H27N3O2. The fraction of sp³-hybridized carbons (Fsp3) is 0.929. The Morgan fingerprint density at radius 1 is 1.47 bits per heavy atom. The quantitative estimate of drug-likeness (QED) is 0.673. The van der Waals surface area contributed by atoms with E-state index in [1.54, 1.807) is 0 Å². The second-order valence-electron chi connectivity index (χ2n) is 5.79. The van der Waals surface area contributed by atoms with Crippen LogP contribution in [-0.2, 0) is 9.53 Å². The molecule has 1 heterocycles. The summed E-state index contributed by atoms with van der Waals surface area (Å²) in [5.74, 6) is -0.233. The molecule has 0 radical (unpaired) electrons. The number of ether oxygens (including phenoxy) is 1. The van der Waals surface area contributed by atoms with E-state index in [9.17, 15) is 4.79 Å². The van der Waals surface area contributed by atoms with Crippen molar-refractivity contribution in [2.45, 2.75) is 57.2 Å². The van der Waals surface area contributed by atoms with Crippen molar-refractivity contribution in [3.63, 3.8) is 0 Å². The van der Waals surface area contributed by atoms with Crippen LogP contribution in [0.3, 0.4) is 0 Å². The van der Waals surface area contributed by atoms with Crippen molar-refractivity contribution >= 4 is 5.91 Å². The molecule has 1 saturated carbocycles. The molecule has 0 aromatic rings. The lowest BCUT2D eigenvalue weighted by atomic mass is 10.1. The van der Waals surface area contributed by atoms with Crippen LogP contribution in [0.2, 0.25) is 0 Å². The van der Waals surface area contributed by atoms with Gasteiger partial charge in [-0.2, -0.15) is 0 Å². The van der Waals surface area contributed by atoms with Crippen molar-refractivity contribution in [3.05, 3.63) is 0 Å². The SMILES string of the molecule is CCCOC1CCCN(CC(NC2CC2)C(N)=O)C1. The van der Waals surface area contributed by atoms with E-state index in [0.29, 0.717) is 12.1 Å². The largest absolute Gasteiger partial charge is 0.377 e. The molecule has 2 fully saturated rings. The van der Waals surface area contributed by atoms with E-state index < -0.39 is 0 Å². The number of nitrogens with one attached hydrogen (secondary N) is 1. The average Bonchev–Trinajstić information content (AvgIpc) is 3.20. The van der Waals surface area contributed by atoms with Crippen LogP contribution in [-0.4, -0.2) is 55.2 Å². The lowest BCUT2D eigenvalue weighted by molar-refractivity contribution is -0.120. The maximum atomic E-state index is 11.5. The topological polar surface area (TPSA) is 67.6 Å². The molecule has 2 atom stereocenters. The number of piperidine rings is 1. The van der Waals surface area contributed by atoms with Gasteiger partial charge in [0.1, 0.15) is 0 Å². The Balaban J connectivity index is 1.77. The van der Waals surface area contributed by atoms with Gasteiger partial charge < -0.3 is 15.8 Å². The Morgan fingerprint density at radius 3 is 2.89 bits per heavy atom. The number of nitrogens with two attached hydrogens (primary N) is 1. The highest BCUT2D eigenvalue weighted by molar-refractivity contribution is 5.80. The third kappa shape index (κ3) is 5.09. The zero-order valence-electron chi connectivity index (χ0n) is 11.9. The third-order valence-electron chi connectivity index (χ3n) is 3.82. The van der Waals surface area contributed by atoms with Gasteiger partial charge in [-0.25, -0.2) is 0 Å². The van der Waals surface area contributed by atoms with Crippen molar-refractivity contribution in [3.8, 4) is 0 Å². The number of amides is 1. The number of hydrogen-bond donors (Lipinski definition) is 2. The number of carbonyl (C=O) groups is 1. The minimum absolute atomic E-state index is 0.211. The molecule has 2 unspecified atom stereocenters. The van der Waals surface area contributed by atoms with Crippen molar-refractivity contribution in [1.29, 1.82) is 0 Å². The highest BCUT2D eigenvalue weighted by Gasteiger charge is 2.30. The minimum Gasteiger partial charge on any atom is -0.377 e. The van der Waals surface area contributed by atoms with Crippen LogP contribution in [0.15, 0.2) is 0 Å². The van der Waals surface area contributed by atoms with Gasteiger partial charge >= 0.3 is 0 Å². The first-order valence-electron chi connectivity index (χ1n) is 7.58. The van der Waals surface area contributed by atoms with Gasteiger partial charge in [-0.15, -0.1) is 0 Å². The maximum absolute atomic E-state index is 11.5. The fourth-order valence-electron chi connectivity index (χ4n) is 2.62. The molecule has 19 heavy (non-hydrogen) atoms. The molecule has 5 nitrogen and oxygen atoms in total. The molecule has 1 aliphatic heterocycles. The van der Waals surface area contributed by atoms with Crippen LogP contribution >= 0.6 is 0 Å². The van der Waals surface area contributed by atoms with Gasteiger partial charge in [0.25, 0.3) is 0 Å². The first-order chi connectivity index (χ1) is 9.19. The predicted octanol–water partition coefficient (Wildman–Crippen LogP) is 0.483. The van der Waals surface area contributed by atoms with Crippen molar-refractivity contribution < 1.29 is 9.53 Å². The third-order valence-corrected chi connectivity index (χ3v) is 3.82. The summed E-state index contributed by atoms with van der Waals surface area (Å²) in [5, 5.41) is 3.34. The lowest BCUT2D eigenvalue weighted by Crippen LogP contribution is -2.52. The van der Waals surface area contributed by atoms with Gasteiger partial charge in [0.2, 0.25) is 5.91 Å². The molecule has 3 N–H and O–H groups in total. The number of hydrogen-bond acceptors (Lipinski definition) is 4. The van der Waals surface area contributed by atoms with Gasteiger partial charge in [-0.05, 0) is 38.6 Å². The highest BCUT2D eigenvalue weighted by Crippen LogP contribution is 2.20. The minimum atomic E-state index is -0.233. The summed E-state index contributed by atoms with van der Waals surface area (Å²) < 4.78 is 5.82. The van der Waals surface area contributed by atoms with Crippen LogP contribution in [0.5, 0.6) is 0 Å². The second kappa shape index (κ2) is 7.22. The number of primary amides is 1. The van der Waals surface area contributed by atoms with Gasteiger partial charge in [-0.1, -0.05) is 6.92 Å². The first kappa shape index (κ1) is 14.8. The molecule has 0 aromatic carbocycles. The average molecular weight is 269 g/mol. The molecule has 2 aliphatic rings. The summed E-state index contributed by atoms with van der Waals surface area (Å²) in [6, 6.07) is 0.298. The van der Waals surface area contributed by atoms with E-state index >= 15 is 0 Å². The Labute approximate surface area is 115 Å². The number of nitrogens with zero attached hydrogens (tertiary/aromatic N) is 1. The second-order valence-corrected chi connectivity index (χ2v) is 5.79. The maximum Gasteiger partial charge on any atom is 0.235 e. The Bertz CT molecular complexity index is 294. The number of likely N-dealkylation sites (tertiary alicyclic amines) is 1. The molecule has 2 rings (SSSR count). The first-order valence-corrected chi connectivity index (χ1v) is 7.58. The standard InChI is InChI=1S/C14H27N3O2/c1-2-8-19-12-4-3-7-17(9-12)10-13(14(15)18)16-11-5-6-11/h11-13,16H,2-10H2,1H3,(H2,15,18). The van der Waals surface area contributed by atoms with E-state index in [2.05, 4.69) is 17.1 Å². The Hall–Kier alpha value is -0.650.